The first-order valence-electron chi connectivity index (χ1n) is 11.4. The molecule has 1 aromatic heterocycles. The smallest absolute Gasteiger partial charge is 0.256 e. The highest BCUT2D eigenvalue weighted by atomic mass is 19.1. The van der Waals surface area contributed by atoms with Crippen LogP contribution in [0.3, 0.4) is 0 Å². The van der Waals surface area contributed by atoms with Crippen LogP contribution in [0.1, 0.15) is 23.2 Å². The number of hydrogen-bond donors (Lipinski definition) is 3. The molecular formula is C26H25F2N5O2. The largest absolute Gasteiger partial charge is 0.457 e. The summed E-state index contributed by atoms with van der Waals surface area (Å²) in [5.41, 5.74) is 2.08. The molecule has 4 aromatic rings. The van der Waals surface area contributed by atoms with E-state index in [9.17, 15) is 13.6 Å². The third kappa shape index (κ3) is 5.41. The fourth-order valence-electron chi connectivity index (χ4n) is 4.19. The van der Waals surface area contributed by atoms with Gasteiger partial charge in [0.1, 0.15) is 23.1 Å². The van der Waals surface area contributed by atoms with Gasteiger partial charge in [0.05, 0.1) is 5.52 Å². The van der Waals surface area contributed by atoms with Crippen molar-refractivity contribution in [1.82, 2.24) is 15.1 Å². The van der Waals surface area contributed by atoms with Crippen LogP contribution < -0.4 is 15.4 Å². The van der Waals surface area contributed by atoms with Crippen molar-refractivity contribution in [3.8, 4) is 11.5 Å². The number of benzene rings is 3. The molecule has 1 aliphatic rings. The molecule has 1 fully saturated rings. The van der Waals surface area contributed by atoms with Crippen molar-refractivity contribution in [3.63, 3.8) is 0 Å². The Morgan fingerprint density at radius 3 is 2.57 bits per heavy atom. The molecule has 1 saturated heterocycles. The summed E-state index contributed by atoms with van der Waals surface area (Å²) in [6.07, 6.45) is 2.11. The molecule has 35 heavy (non-hydrogen) atoms. The zero-order chi connectivity index (χ0) is 24.4. The van der Waals surface area contributed by atoms with E-state index in [0.717, 1.165) is 49.8 Å². The Hall–Kier alpha value is -3.98. The Labute approximate surface area is 201 Å². The number of hydrogen-bond acceptors (Lipinski definition) is 5. The summed E-state index contributed by atoms with van der Waals surface area (Å²) in [5, 5.41) is 14.0. The number of ether oxygens (including phenoxy) is 1. The van der Waals surface area contributed by atoms with Gasteiger partial charge in [-0.15, -0.1) is 0 Å². The Morgan fingerprint density at radius 2 is 1.80 bits per heavy atom. The predicted octanol–water partition coefficient (Wildman–Crippen LogP) is 5.39. The number of carbonyl (C=O) groups excluding carboxylic acids is 1. The Balaban J connectivity index is 1.31. The minimum Gasteiger partial charge on any atom is -0.457 e. The van der Waals surface area contributed by atoms with Gasteiger partial charge in [-0.2, -0.15) is 5.10 Å². The quantitative estimate of drug-likeness (QED) is 0.347. The lowest BCUT2D eigenvalue weighted by Crippen LogP contribution is -2.36. The maximum atomic E-state index is 13.5. The molecule has 0 unspecified atom stereocenters. The van der Waals surface area contributed by atoms with Crippen LogP contribution in [0.25, 0.3) is 10.9 Å². The third-order valence-corrected chi connectivity index (χ3v) is 6.05. The number of rotatable bonds is 6. The fourth-order valence-corrected chi connectivity index (χ4v) is 4.19. The summed E-state index contributed by atoms with van der Waals surface area (Å²) in [5.74, 6) is -1.05. The lowest BCUT2D eigenvalue weighted by Gasteiger charge is -2.30. The molecule has 0 radical (unpaired) electrons. The number of anilines is 2. The maximum Gasteiger partial charge on any atom is 0.256 e. The SMILES string of the molecule is CN1CCC(Nc2cccc(C(=O)Nc3n[nH]c4ccc(Oc5cc(F)cc(F)c5)cc34)c2)CC1. The van der Waals surface area contributed by atoms with Gasteiger partial charge in [0.25, 0.3) is 5.91 Å². The first-order valence-corrected chi connectivity index (χ1v) is 11.4. The number of fused-ring (bicyclic) bond motifs is 1. The average molecular weight is 478 g/mol. The molecule has 7 nitrogen and oxygen atoms in total. The Bertz CT molecular complexity index is 1340. The van der Waals surface area contributed by atoms with Gasteiger partial charge in [0.15, 0.2) is 5.82 Å². The molecule has 0 spiro atoms. The van der Waals surface area contributed by atoms with Gasteiger partial charge in [-0.05, 0) is 69.4 Å². The van der Waals surface area contributed by atoms with Crippen LogP contribution in [-0.2, 0) is 0 Å². The molecule has 180 valence electrons. The summed E-state index contributed by atoms with van der Waals surface area (Å²) in [6.45, 7) is 2.09. The van der Waals surface area contributed by atoms with Gasteiger partial charge in [-0.3, -0.25) is 9.89 Å². The molecule has 3 aromatic carbocycles. The zero-order valence-corrected chi connectivity index (χ0v) is 19.1. The van der Waals surface area contributed by atoms with Crippen molar-refractivity contribution < 1.29 is 18.3 Å². The summed E-state index contributed by atoms with van der Waals surface area (Å²) in [6, 6.07) is 15.7. The number of piperidine rings is 1. The number of nitrogens with one attached hydrogen (secondary N) is 3. The van der Waals surface area contributed by atoms with Gasteiger partial charge >= 0.3 is 0 Å². The Morgan fingerprint density at radius 1 is 1.03 bits per heavy atom. The molecule has 2 heterocycles. The number of halogens is 2. The molecule has 0 bridgehead atoms. The Kier molecular flexibility index (Phi) is 6.33. The van der Waals surface area contributed by atoms with E-state index in [0.29, 0.717) is 34.1 Å². The molecule has 3 N–H and O–H groups in total. The lowest BCUT2D eigenvalue weighted by molar-refractivity contribution is 0.102. The van der Waals surface area contributed by atoms with Crippen LogP contribution in [0.2, 0.25) is 0 Å². The average Bonchev–Trinajstić information content (AvgIpc) is 3.22. The predicted molar refractivity (Wildman–Crippen MR) is 131 cm³/mol. The van der Waals surface area contributed by atoms with E-state index in [1.54, 1.807) is 24.3 Å². The number of aromatic amines is 1. The van der Waals surface area contributed by atoms with Gasteiger partial charge in [-0.25, -0.2) is 8.78 Å². The summed E-state index contributed by atoms with van der Waals surface area (Å²) in [7, 11) is 2.12. The minimum atomic E-state index is -0.732. The van der Waals surface area contributed by atoms with Crippen LogP contribution in [-0.4, -0.2) is 47.2 Å². The second kappa shape index (κ2) is 9.71. The maximum absolute atomic E-state index is 13.5. The van der Waals surface area contributed by atoms with Crippen molar-refractivity contribution in [2.45, 2.75) is 18.9 Å². The van der Waals surface area contributed by atoms with Crippen molar-refractivity contribution in [1.29, 1.82) is 0 Å². The van der Waals surface area contributed by atoms with Gasteiger partial charge in [0, 0.05) is 40.9 Å². The van der Waals surface area contributed by atoms with E-state index in [1.807, 2.05) is 18.2 Å². The molecule has 0 aliphatic carbocycles. The molecular weight excluding hydrogens is 452 g/mol. The van der Waals surface area contributed by atoms with E-state index in [4.69, 9.17) is 4.74 Å². The van der Waals surface area contributed by atoms with E-state index in [-0.39, 0.29) is 11.7 Å². The van der Waals surface area contributed by atoms with Crippen LogP contribution in [0, 0.1) is 11.6 Å². The van der Waals surface area contributed by atoms with Crippen LogP contribution in [0.15, 0.2) is 60.7 Å². The second-order valence-corrected chi connectivity index (χ2v) is 8.74. The van der Waals surface area contributed by atoms with Crippen LogP contribution in [0.5, 0.6) is 11.5 Å². The topological polar surface area (TPSA) is 82.3 Å². The number of aromatic nitrogens is 2. The summed E-state index contributed by atoms with van der Waals surface area (Å²) >= 11 is 0. The fraction of sp³-hybridized carbons (Fsp3) is 0.231. The third-order valence-electron chi connectivity index (χ3n) is 6.05. The van der Waals surface area contributed by atoms with E-state index in [2.05, 4.69) is 32.8 Å². The number of H-pyrrole nitrogens is 1. The van der Waals surface area contributed by atoms with Crippen molar-refractivity contribution >= 4 is 28.3 Å². The summed E-state index contributed by atoms with van der Waals surface area (Å²) < 4.78 is 32.6. The van der Waals surface area contributed by atoms with Crippen molar-refractivity contribution in [2.75, 3.05) is 30.8 Å². The van der Waals surface area contributed by atoms with Crippen LogP contribution >= 0.6 is 0 Å². The highest BCUT2D eigenvalue weighted by molar-refractivity contribution is 6.08. The first kappa shape index (κ1) is 22.8. The molecule has 9 heteroatoms. The number of nitrogens with zero attached hydrogens (tertiary/aromatic N) is 2. The minimum absolute atomic E-state index is 0.0323. The second-order valence-electron chi connectivity index (χ2n) is 8.74. The number of carbonyl (C=O) groups is 1. The van der Waals surface area contributed by atoms with Crippen LogP contribution in [0.4, 0.5) is 20.3 Å². The monoisotopic (exact) mass is 477 g/mol. The zero-order valence-electron chi connectivity index (χ0n) is 19.1. The van der Waals surface area contributed by atoms with E-state index in [1.165, 1.54) is 0 Å². The van der Waals surface area contributed by atoms with E-state index >= 15 is 0 Å². The first-order chi connectivity index (χ1) is 16.9. The number of amides is 1. The normalized spacial score (nSPS) is 14.7. The molecule has 1 amide bonds. The molecule has 0 saturated carbocycles. The van der Waals surface area contributed by atoms with Crippen molar-refractivity contribution in [3.05, 3.63) is 77.9 Å². The molecule has 0 atom stereocenters. The van der Waals surface area contributed by atoms with Gasteiger partial charge < -0.3 is 20.3 Å². The number of likely N-dealkylation sites (tertiary alicyclic amines) is 1. The lowest BCUT2D eigenvalue weighted by atomic mass is 10.0. The van der Waals surface area contributed by atoms with E-state index < -0.39 is 11.6 Å². The molecule has 1 aliphatic heterocycles. The molecule has 5 rings (SSSR count). The highest BCUT2D eigenvalue weighted by Crippen LogP contribution is 2.29. The summed E-state index contributed by atoms with van der Waals surface area (Å²) in [4.78, 5) is 15.3. The van der Waals surface area contributed by atoms with Gasteiger partial charge in [-0.1, -0.05) is 6.07 Å². The van der Waals surface area contributed by atoms with Crippen molar-refractivity contribution in [2.24, 2.45) is 0 Å². The highest BCUT2D eigenvalue weighted by Gasteiger charge is 2.17. The van der Waals surface area contributed by atoms with Gasteiger partial charge in [0.2, 0.25) is 0 Å². The standard InChI is InChI=1S/C26H25F2N5O2/c1-33-9-7-19(8-10-33)29-20-4-2-3-16(11-20)26(34)30-25-23-15-21(5-6-24(23)31-32-25)35-22-13-17(27)12-18(28)14-22/h2-6,11-15,19,29H,7-10H2,1H3,(H2,30,31,32,34).